The van der Waals surface area contributed by atoms with E-state index in [1.165, 1.54) is 24.3 Å². The first-order chi connectivity index (χ1) is 12.2. The lowest BCUT2D eigenvalue weighted by Crippen LogP contribution is -3.06. The van der Waals surface area contributed by atoms with Crippen LogP contribution in [0.15, 0.2) is 47.4 Å². The number of ether oxygens (including phenoxy) is 1. The fourth-order valence-corrected chi connectivity index (χ4v) is 3.09. The van der Waals surface area contributed by atoms with Gasteiger partial charge >= 0.3 is 5.69 Å². The van der Waals surface area contributed by atoms with Crippen LogP contribution in [0.1, 0.15) is 0 Å². The molecular weight excluding hydrogens is 365 g/mol. The van der Waals surface area contributed by atoms with Gasteiger partial charge in [0.15, 0.2) is 0 Å². The second-order valence-corrected chi connectivity index (χ2v) is 7.56. The van der Waals surface area contributed by atoms with Gasteiger partial charge in [-0.2, -0.15) is 0 Å². The number of quaternary nitrogens is 1. The maximum Gasteiger partial charge on any atom is 0.312 e. The largest absolute Gasteiger partial charge is 0.450 e. The molecule has 0 aliphatic rings. The number of likely N-dealkylation sites (N-methyl/N-ethyl adjacent to an activating group) is 1. The van der Waals surface area contributed by atoms with Crippen molar-refractivity contribution in [2.75, 3.05) is 27.2 Å². The van der Waals surface area contributed by atoms with E-state index in [9.17, 15) is 22.9 Å². The average Bonchev–Trinajstić information content (AvgIpc) is 2.56. The van der Waals surface area contributed by atoms with Crippen molar-refractivity contribution in [1.29, 1.82) is 0 Å². The highest BCUT2D eigenvalue weighted by molar-refractivity contribution is 7.89. The Kier molecular flexibility index (Phi) is 6.24. The molecule has 0 atom stereocenters. The van der Waals surface area contributed by atoms with E-state index in [4.69, 9.17) is 4.74 Å². The summed E-state index contributed by atoms with van der Waals surface area (Å²) in [5.41, 5.74) is -0.504. The Morgan fingerprint density at radius 2 is 1.85 bits per heavy atom. The Hall–Kier alpha value is -2.56. The number of nitrogens with zero attached hydrogens (tertiary/aromatic N) is 1. The molecule has 0 aliphatic heterocycles. The standard InChI is InChI=1S/C16H18FN3O5S/c1-19(2)10-9-18-26(23,24)14-7-8-16(15(11-14)20(21)22)25-13-5-3-12(17)4-6-13/h3-8,11,18H,9-10H2,1-2H3/p+1. The Morgan fingerprint density at radius 1 is 1.19 bits per heavy atom. The zero-order chi connectivity index (χ0) is 19.3. The highest BCUT2D eigenvalue weighted by atomic mass is 32.2. The van der Waals surface area contributed by atoms with Crippen molar-refractivity contribution in [3.05, 3.63) is 58.4 Å². The lowest BCUT2D eigenvalue weighted by atomic mass is 10.3. The Balaban J connectivity index is 2.27. The quantitative estimate of drug-likeness (QED) is 0.521. The minimum absolute atomic E-state index is 0.140. The lowest BCUT2D eigenvalue weighted by molar-refractivity contribution is -0.856. The van der Waals surface area contributed by atoms with Gasteiger partial charge in [0, 0.05) is 6.07 Å². The first-order valence-corrected chi connectivity index (χ1v) is 9.18. The van der Waals surface area contributed by atoms with Gasteiger partial charge < -0.3 is 9.64 Å². The number of nitro benzene ring substituents is 1. The van der Waals surface area contributed by atoms with E-state index in [1.807, 2.05) is 14.1 Å². The number of hydrogen-bond donors (Lipinski definition) is 2. The molecule has 2 N–H and O–H groups in total. The Labute approximate surface area is 150 Å². The summed E-state index contributed by atoms with van der Waals surface area (Å²) < 4.78 is 45.2. The van der Waals surface area contributed by atoms with E-state index in [2.05, 4.69) is 4.72 Å². The van der Waals surface area contributed by atoms with Crippen molar-refractivity contribution in [3.63, 3.8) is 0 Å². The van der Waals surface area contributed by atoms with Crippen LogP contribution in [-0.4, -0.2) is 40.5 Å². The molecule has 26 heavy (non-hydrogen) atoms. The molecule has 0 spiro atoms. The van der Waals surface area contributed by atoms with Crippen LogP contribution in [0, 0.1) is 15.9 Å². The van der Waals surface area contributed by atoms with Crippen LogP contribution in [0.3, 0.4) is 0 Å². The van der Waals surface area contributed by atoms with Crippen LogP contribution in [0.25, 0.3) is 0 Å². The van der Waals surface area contributed by atoms with E-state index in [0.717, 1.165) is 23.1 Å². The van der Waals surface area contributed by atoms with Crippen LogP contribution in [0.5, 0.6) is 11.5 Å². The van der Waals surface area contributed by atoms with Gasteiger partial charge in [0.25, 0.3) is 0 Å². The smallest absolute Gasteiger partial charge is 0.312 e. The van der Waals surface area contributed by atoms with Crippen LogP contribution >= 0.6 is 0 Å². The number of sulfonamides is 1. The van der Waals surface area contributed by atoms with Gasteiger partial charge in [-0.25, -0.2) is 17.5 Å². The van der Waals surface area contributed by atoms with E-state index in [-0.39, 0.29) is 22.9 Å². The maximum atomic E-state index is 12.9. The molecular formula is C16H19FN3O5S+. The predicted molar refractivity (Wildman–Crippen MR) is 92.4 cm³/mol. The highest BCUT2D eigenvalue weighted by Crippen LogP contribution is 2.33. The number of hydrogen-bond acceptors (Lipinski definition) is 5. The van der Waals surface area contributed by atoms with E-state index < -0.39 is 26.5 Å². The van der Waals surface area contributed by atoms with Gasteiger partial charge in [-0.3, -0.25) is 10.1 Å². The van der Waals surface area contributed by atoms with Crippen LogP contribution in [0.4, 0.5) is 10.1 Å². The normalized spacial score (nSPS) is 11.5. The summed E-state index contributed by atoms with van der Waals surface area (Å²) in [5, 5.41) is 11.3. The van der Waals surface area contributed by atoms with Gasteiger partial charge in [0.1, 0.15) is 11.6 Å². The van der Waals surface area contributed by atoms with Crippen molar-refractivity contribution in [1.82, 2.24) is 4.72 Å². The first kappa shape index (κ1) is 19.8. The summed E-state index contributed by atoms with van der Waals surface area (Å²) in [6.45, 7) is 0.763. The molecule has 2 aromatic rings. The molecule has 10 heteroatoms. The molecule has 0 saturated carbocycles. The molecule has 0 radical (unpaired) electrons. The van der Waals surface area contributed by atoms with E-state index in [0.29, 0.717) is 6.54 Å². The van der Waals surface area contributed by atoms with E-state index in [1.54, 1.807) is 0 Å². The topological polar surface area (TPSA) is 103 Å². The van der Waals surface area contributed by atoms with Gasteiger partial charge in [0.05, 0.1) is 37.0 Å². The molecule has 0 heterocycles. The second-order valence-electron chi connectivity index (χ2n) is 5.80. The molecule has 2 aromatic carbocycles. The fraction of sp³-hybridized carbons (Fsp3) is 0.250. The highest BCUT2D eigenvalue weighted by Gasteiger charge is 2.22. The van der Waals surface area contributed by atoms with Crippen molar-refractivity contribution >= 4 is 15.7 Å². The molecule has 0 aromatic heterocycles. The van der Waals surface area contributed by atoms with Crippen LogP contribution in [0.2, 0.25) is 0 Å². The summed E-state index contributed by atoms with van der Waals surface area (Å²) in [6, 6.07) is 8.28. The number of nitrogens with one attached hydrogen (secondary N) is 2. The molecule has 8 nitrogen and oxygen atoms in total. The molecule has 140 valence electrons. The maximum absolute atomic E-state index is 12.9. The number of benzene rings is 2. The van der Waals surface area contributed by atoms with Gasteiger partial charge in [-0.05, 0) is 36.4 Å². The summed E-state index contributed by atoms with van der Waals surface area (Å²) in [5.74, 6) is -0.422. The van der Waals surface area contributed by atoms with Gasteiger partial charge in [-0.15, -0.1) is 0 Å². The first-order valence-electron chi connectivity index (χ1n) is 7.69. The average molecular weight is 384 g/mol. The van der Waals surface area contributed by atoms with Crippen molar-refractivity contribution < 1.29 is 27.4 Å². The number of nitro groups is 1. The Morgan fingerprint density at radius 3 is 2.42 bits per heavy atom. The fourth-order valence-electron chi connectivity index (χ4n) is 2.04. The third kappa shape index (κ3) is 5.22. The third-order valence-corrected chi connectivity index (χ3v) is 4.85. The number of rotatable bonds is 8. The van der Waals surface area contributed by atoms with E-state index >= 15 is 0 Å². The van der Waals surface area contributed by atoms with Gasteiger partial charge in [-0.1, -0.05) is 0 Å². The zero-order valence-electron chi connectivity index (χ0n) is 14.2. The third-order valence-electron chi connectivity index (χ3n) is 3.40. The molecule has 0 unspecified atom stereocenters. The summed E-state index contributed by atoms with van der Waals surface area (Å²) in [6.07, 6.45) is 0. The SMILES string of the molecule is C[NH+](C)CCNS(=O)(=O)c1ccc(Oc2ccc(F)cc2)c([N+](=O)[O-])c1. The second kappa shape index (κ2) is 8.21. The van der Waals surface area contributed by atoms with Crippen molar-refractivity contribution in [3.8, 4) is 11.5 Å². The zero-order valence-corrected chi connectivity index (χ0v) is 15.0. The molecule has 0 aliphatic carbocycles. The molecule has 0 bridgehead atoms. The molecule has 2 rings (SSSR count). The molecule has 0 amide bonds. The number of halogens is 1. The summed E-state index contributed by atoms with van der Waals surface area (Å²) in [4.78, 5) is 11.4. The minimum atomic E-state index is -3.88. The lowest BCUT2D eigenvalue weighted by Gasteiger charge is -2.11. The molecule has 0 saturated heterocycles. The monoisotopic (exact) mass is 384 g/mol. The van der Waals surface area contributed by atoms with Crippen LogP contribution < -0.4 is 14.4 Å². The summed E-state index contributed by atoms with van der Waals surface area (Å²) in [7, 11) is -0.129. The van der Waals surface area contributed by atoms with Crippen molar-refractivity contribution in [2.24, 2.45) is 0 Å². The van der Waals surface area contributed by atoms with Crippen LogP contribution in [-0.2, 0) is 10.0 Å². The Bertz CT molecular complexity index is 885. The van der Waals surface area contributed by atoms with Crippen molar-refractivity contribution in [2.45, 2.75) is 4.90 Å². The van der Waals surface area contributed by atoms with Gasteiger partial charge in [0.2, 0.25) is 15.8 Å². The molecule has 0 fully saturated rings. The predicted octanol–water partition coefficient (Wildman–Crippen LogP) is 0.949. The summed E-state index contributed by atoms with van der Waals surface area (Å²) >= 11 is 0. The minimum Gasteiger partial charge on any atom is -0.450 e.